The first kappa shape index (κ1) is 10.3. The Morgan fingerprint density at radius 1 is 1.47 bits per heavy atom. The van der Waals surface area contributed by atoms with Gasteiger partial charge in [-0.05, 0) is 59.0 Å². The van der Waals surface area contributed by atoms with E-state index in [-0.39, 0.29) is 0 Å². The van der Waals surface area contributed by atoms with Gasteiger partial charge in [-0.2, -0.15) is 0 Å². The number of nitrogens with two attached hydrogens (primary N) is 1. The molecule has 0 amide bonds. The van der Waals surface area contributed by atoms with Crippen LogP contribution in [0.15, 0.2) is 15.9 Å². The molecule has 2 aliphatic rings. The Morgan fingerprint density at radius 2 is 2.20 bits per heavy atom. The maximum absolute atomic E-state index is 6.30. The van der Waals surface area contributed by atoms with E-state index in [1.54, 1.807) is 0 Å². The van der Waals surface area contributed by atoms with E-state index in [1.165, 1.54) is 28.6 Å². The smallest absolute Gasteiger partial charge is 0.0285 e. The van der Waals surface area contributed by atoms with Crippen molar-refractivity contribution >= 4 is 27.3 Å². The van der Waals surface area contributed by atoms with Gasteiger partial charge < -0.3 is 5.73 Å². The van der Waals surface area contributed by atoms with Crippen molar-refractivity contribution in [3.8, 4) is 0 Å². The van der Waals surface area contributed by atoms with E-state index in [2.05, 4.69) is 27.4 Å². The molecule has 15 heavy (non-hydrogen) atoms. The normalized spacial score (nSPS) is 35.2. The molecule has 1 aromatic heterocycles. The Labute approximate surface area is 103 Å². The third-order valence-electron chi connectivity index (χ3n) is 4.03. The molecule has 0 spiro atoms. The topological polar surface area (TPSA) is 26.0 Å². The molecule has 3 unspecified atom stereocenters. The van der Waals surface area contributed by atoms with E-state index in [4.69, 9.17) is 5.73 Å². The van der Waals surface area contributed by atoms with Gasteiger partial charge in [0, 0.05) is 20.8 Å². The maximum Gasteiger partial charge on any atom is 0.0285 e. The molecule has 2 N–H and O–H groups in total. The Balaban J connectivity index is 1.60. The Bertz CT molecular complexity index is 352. The zero-order valence-electron chi connectivity index (χ0n) is 8.66. The molecule has 1 nitrogen and oxygen atoms in total. The molecular formula is C12H16BrNS. The van der Waals surface area contributed by atoms with Crippen LogP contribution in [0.5, 0.6) is 0 Å². The van der Waals surface area contributed by atoms with Crippen LogP contribution in [0.4, 0.5) is 0 Å². The second-order valence-electron chi connectivity index (χ2n) is 4.94. The Morgan fingerprint density at radius 3 is 2.80 bits per heavy atom. The highest BCUT2D eigenvalue weighted by atomic mass is 79.9. The number of thiophene rings is 1. The van der Waals surface area contributed by atoms with Gasteiger partial charge in [0.1, 0.15) is 0 Å². The second-order valence-corrected chi connectivity index (χ2v) is 6.85. The lowest BCUT2D eigenvalue weighted by atomic mass is 10.0. The minimum Gasteiger partial charge on any atom is -0.327 e. The summed E-state index contributed by atoms with van der Waals surface area (Å²) < 4.78 is 1.20. The van der Waals surface area contributed by atoms with Gasteiger partial charge in [0.05, 0.1) is 0 Å². The number of fused-ring (bicyclic) bond motifs is 1. The molecule has 3 atom stereocenters. The molecular weight excluding hydrogens is 270 g/mol. The summed E-state index contributed by atoms with van der Waals surface area (Å²) in [5, 5.41) is 2.15. The van der Waals surface area contributed by atoms with Crippen LogP contribution in [-0.4, -0.2) is 6.04 Å². The number of hydrogen-bond donors (Lipinski definition) is 1. The van der Waals surface area contributed by atoms with Crippen LogP contribution in [0.25, 0.3) is 0 Å². The van der Waals surface area contributed by atoms with Crippen molar-refractivity contribution in [3.63, 3.8) is 0 Å². The predicted molar refractivity (Wildman–Crippen MR) is 68.0 cm³/mol. The van der Waals surface area contributed by atoms with Crippen molar-refractivity contribution in [2.24, 2.45) is 23.5 Å². The second kappa shape index (κ2) is 3.86. The summed E-state index contributed by atoms with van der Waals surface area (Å²) >= 11 is 5.32. The van der Waals surface area contributed by atoms with Crippen LogP contribution in [0.1, 0.15) is 24.1 Å². The molecule has 2 aliphatic carbocycles. The number of halogens is 1. The van der Waals surface area contributed by atoms with Crippen LogP contribution >= 0.6 is 27.3 Å². The lowest BCUT2D eigenvalue weighted by molar-refractivity contribution is 0.486. The standard InChI is InChI=1S/C12H16BrNS/c13-7-4-8(15-6-7)5-11(14)12-9-2-1-3-10(9)12/h4,6,9-12H,1-3,5,14H2. The summed E-state index contributed by atoms with van der Waals surface area (Å²) in [4.78, 5) is 1.43. The van der Waals surface area contributed by atoms with Crippen LogP contribution in [-0.2, 0) is 6.42 Å². The molecule has 2 saturated carbocycles. The first-order valence-electron chi connectivity index (χ1n) is 5.74. The Kier molecular flexibility index (Phi) is 2.65. The van der Waals surface area contributed by atoms with E-state index >= 15 is 0 Å². The van der Waals surface area contributed by atoms with Crippen molar-refractivity contribution in [2.45, 2.75) is 31.7 Å². The summed E-state index contributed by atoms with van der Waals surface area (Å²) in [5.41, 5.74) is 6.30. The molecule has 1 aromatic rings. The first-order valence-corrected chi connectivity index (χ1v) is 7.41. The lowest BCUT2D eigenvalue weighted by Crippen LogP contribution is -2.27. The molecule has 1 heterocycles. The highest BCUT2D eigenvalue weighted by Gasteiger charge is 2.54. The predicted octanol–water partition coefficient (Wildman–Crippen LogP) is 3.43. The average Bonchev–Trinajstić information content (AvgIpc) is 2.60. The molecule has 82 valence electrons. The molecule has 0 radical (unpaired) electrons. The van der Waals surface area contributed by atoms with E-state index in [9.17, 15) is 0 Å². The van der Waals surface area contributed by atoms with Gasteiger partial charge in [-0.25, -0.2) is 0 Å². The van der Waals surface area contributed by atoms with Crippen LogP contribution in [0, 0.1) is 17.8 Å². The highest BCUT2D eigenvalue weighted by Crippen LogP contribution is 2.58. The minimum absolute atomic E-state index is 0.408. The van der Waals surface area contributed by atoms with Crippen LogP contribution in [0.3, 0.4) is 0 Å². The van der Waals surface area contributed by atoms with Gasteiger partial charge in [-0.3, -0.25) is 0 Å². The SMILES string of the molecule is NC(Cc1cc(Br)cs1)C1C2CCCC21. The average molecular weight is 286 g/mol. The van der Waals surface area contributed by atoms with Crippen molar-refractivity contribution in [3.05, 3.63) is 20.8 Å². The molecule has 0 aliphatic heterocycles. The van der Waals surface area contributed by atoms with Gasteiger partial charge in [0.25, 0.3) is 0 Å². The monoisotopic (exact) mass is 285 g/mol. The van der Waals surface area contributed by atoms with Crippen LogP contribution < -0.4 is 5.73 Å². The summed E-state index contributed by atoms with van der Waals surface area (Å²) in [6, 6.07) is 2.62. The van der Waals surface area contributed by atoms with Gasteiger partial charge in [0.2, 0.25) is 0 Å². The fourth-order valence-corrected chi connectivity index (χ4v) is 4.87. The first-order chi connectivity index (χ1) is 7.25. The van der Waals surface area contributed by atoms with Gasteiger partial charge >= 0.3 is 0 Å². The van der Waals surface area contributed by atoms with E-state index in [1.807, 2.05) is 11.3 Å². The fraction of sp³-hybridized carbons (Fsp3) is 0.667. The zero-order chi connectivity index (χ0) is 10.4. The molecule has 0 aromatic carbocycles. The molecule has 2 fully saturated rings. The van der Waals surface area contributed by atoms with Crippen molar-refractivity contribution < 1.29 is 0 Å². The molecule has 0 saturated heterocycles. The summed E-state index contributed by atoms with van der Waals surface area (Å²) in [7, 11) is 0. The van der Waals surface area contributed by atoms with Crippen LogP contribution in [0.2, 0.25) is 0 Å². The zero-order valence-corrected chi connectivity index (χ0v) is 11.1. The third-order valence-corrected chi connectivity index (χ3v) is 5.75. The molecule has 0 bridgehead atoms. The van der Waals surface area contributed by atoms with Gasteiger partial charge in [-0.1, -0.05) is 6.42 Å². The quantitative estimate of drug-likeness (QED) is 0.905. The largest absolute Gasteiger partial charge is 0.327 e. The van der Waals surface area contributed by atoms with Crippen molar-refractivity contribution in [2.75, 3.05) is 0 Å². The van der Waals surface area contributed by atoms with Gasteiger partial charge in [-0.15, -0.1) is 11.3 Å². The van der Waals surface area contributed by atoms with Crippen molar-refractivity contribution in [1.29, 1.82) is 0 Å². The fourth-order valence-electron chi connectivity index (χ4n) is 3.34. The van der Waals surface area contributed by atoms with Crippen molar-refractivity contribution in [1.82, 2.24) is 0 Å². The number of hydrogen-bond acceptors (Lipinski definition) is 2. The van der Waals surface area contributed by atoms with E-state index in [0.29, 0.717) is 6.04 Å². The van der Waals surface area contributed by atoms with E-state index < -0.39 is 0 Å². The summed E-state index contributed by atoms with van der Waals surface area (Å²) in [6.07, 6.45) is 5.41. The highest BCUT2D eigenvalue weighted by molar-refractivity contribution is 9.10. The minimum atomic E-state index is 0.408. The molecule has 3 rings (SSSR count). The lowest BCUT2D eigenvalue weighted by Gasteiger charge is -2.12. The van der Waals surface area contributed by atoms with E-state index in [0.717, 1.165) is 24.2 Å². The summed E-state index contributed by atoms with van der Waals surface area (Å²) in [6.45, 7) is 0. The van der Waals surface area contributed by atoms with Gasteiger partial charge in [0.15, 0.2) is 0 Å². The molecule has 3 heteroatoms. The third kappa shape index (κ3) is 1.90. The Hall–Kier alpha value is 0.140. The number of rotatable bonds is 3. The maximum atomic E-state index is 6.30. The summed E-state index contributed by atoms with van der Waals surface area (Å²) in [5.74, 6) is 2.83.